The Bertz CT molecular complexity index is 96.9. The van der Waals surface area contributed by atoms with Crippen molar-refractivity contribution in [2.75, 3.05) is 0 Å². The second-order valence-electron chi connectivity index (χ2n) is 0.378. The Morgan fingerprint density at radius 3 is 1.14 bits per heavy atom. The largest absolute Gasteiger partial charge is 0.476 e. The Labute approximate surface area is 41.7 Å². The minimum atomic E-state index is -5.67. The number of hydrogen-bond donors (Lipinski definition) is 0. The van der Waals surface area contributed by atoms with Gasteiger partial charge in [-0.25, -0.2) is 0 Å². The van der Waals surface area contributed by atoms with E-state index in [4.69, 9.17) is 8.42 Å². The van der Waals surface area contributed by atoms with E-state index in [0.717, 1.165) is 0 Å². The summed E-state index contributed by atoms with van der Waals surface area (Å²) in [4.78, 5) is 0. The van der Waals surface area contributed by atoms with Crippen molar-refractivity contribution in [3.63, 3.8) is 0 Å². The fraction of sp³-hybridized carbons (Fsp3) is 1.00. The molecule has 7 heavy (non-hydrogen) atoms. The summed E-state index contributed by atoms with van der Waals surface area (Å²) in [6, 6.07) is 0. The lowest BCUT2D eigenvalue weighted by molar-refractivity contribution is 0.501. The molecule has 0 aromatic heterocycles. The van der Waals surface area contributed by atoms with Crippen molar-refractivity contribution in [3.8, 4) is 0 Å². The molecule has 0 amide bonds. The molecule has 0 aliphatic rings. The highest BCUT2D eigenvalue weighted by atomic mass is 32.3. The van der Waals surface area contributed by atoms with Gasteiger partial charge in [-0.1, -0.05) is 21.6 Å². The molecule has 0 rings (SSSR count). The van der Waals surface area contributed by atoms with E-state index in [1.165, 1.54) is 0 Å². The molecule has 0 fully saturated rings. The minimum absolute atomic E-state index is 2.00. The quantitative estimate of drug-likeness (QED) is 0.464. The molecule has 0 saturated carbocycles. The molecule has 0 atom stereocenters. The Morgan fingerprint density at radius 2 is 1.14 bits per heavy atom. The van der Waals surface area contributed by atoms with Crippen LogP contribution in [0.1, 0.15) is 13.8 Å². The third kappa shape index (κ3) is 2340. The van der Waals surface area contributed by atoms with Crippen molar-refractivity contribution < 1.29 is 16.2 Å². The van der Waals surface area contributed by atoms with Crippen molar-refractivity contribution in [3.05, 3.63) is 0 Å². The molecule has 0 aromatic rings. The van der Waals surface area contributed by atoms with E-state index in [1.807, 2.05) is 13.8 Å². The third-order valence-corrected chi connectivity index (χ3v) is 0. The fourth-order valence-corrected chi connectivity index (χ4v) is 0. The van der Waals surface area contributed by atoms with Crippen LogP contribution < -0.4 is 0 Å². The monoisotopic (exact) mass is 132 g/mol. The van der Waals surface area contributed by atoms with Gasteiger partial charge in [-0.05, 0) is 0 Å². The van der Waals surface area contributed by atoms with Crippen LogP contribution in [0.2, 0.25) is 0 Å². The smallest absolute Gasteiger partial charge is 0.160 e. The van der Waals surface area contributed by atoms with Crippen LogP contribution in [0, 0.1) is 0 Å². The summed E-state index contributed by atoms with van der Waals surface area (Å²) in [5.41, 5.74) is 0. The van der Waals surface area contributed by atoms with Gasteiger partial charge in [0, 0.05) is 0 Å². The van der Waals surface area contributed by atoms with Crippen LogP contribution in [0.3, 0.4) is 0 Å². The number of halogens is 2. The Kier molecular flexibility index (Phi) is 5.65. The summed E-state index contributed by atoms with van der Waals surface area (Å²) in [6.45, 7) is 4.00. The van der Waals surface area contributed by atoms with E-state index in [2.05, 4.69) is 0 Å². The van der Waals surface area contributed by atoms with E-state index in [9.17, 15) is 7.77 Å². The fourth-order valence-electron chi connectivity index (χ4n) is 0. The summed E-state index contributed by atoms with van der Waals surface area (Å²) in [5.74, 6) is 0. The second-order valence-corrected chi connectivity index (χ2v) is 1.14. The summed E-state index contributed by atoms with van der Waals surface area (Å²) < 4.78 is 36.6. The summed E-state index contributed by atoms with van der Waals surface area (Å²) >= 11 is 0. The predicted molar refractivity (Wildman–Crippen MR) is 22.5 cm³/mol. The van der Waals surface area contributed by atoms with E-state index < -0.39 is 10.6 Å². The van der Waals surface area contributed by atoms with Gasteiger partial charge in [0.05, 0.1) is 0 Å². The lowest BCUT2D eigenvalue weighted by atomic mass is 11.0. The zero-order valence-corrected chi connectivity index (χ0v) is 4.80. The Morgan fingerprint density at radius 1 is 1.14 bits per heavy atom. The van der Waals surface area contributed by atoms with Gasteiger partial charge >= 0.3 is 10.6 Å². The van der Waals surface area contributed by atoms with Gasteiger partial charge in [-0.3, -0.25) is 0 Å². The molecular weight excluding hydrogens is 126 g/mol. The van der Waals surface area contributed by atoms with Crippen molar-refractivity contribution in [2.24, 2.45) is 0 Å². The molecule has 0 unspecified atom stereocenters. The van der Waals surface area contributed by atoms with Crippen molar-refractivity contribution in [2.45, 2.75) is 13.8 Å². The van der Waals surface area contributed by atoms with Crippen LogP contribution in [-0.2, 0) is 10.6 Å². The highest BCUT2D eigenvalue weighted by molar-refractivity contribution is 7.81. The van der Waals surface area contributed by atoms with E-state index in [0.29, 0.717) is 0 Å². The summed E-state index contributed by atoms with van der Waals surface area (Å²) in [6.07, 6.45) is 0. The van der Waals surface area contributed by atoms with Gasteiger partial charge in [0.2, 0.25) is 0 Å². The van der Waals surface area contributed by atoms with Crippen LogP contribution >= 0.6 is 0 Å². The molecule has 0 heterocycles. The molecule has 5 heteroatoms. The van der Waals surface area contributed by atoms with Crippen LogP contribution in [0.5, 0.6) is 0 Å². The molecule has 0 saturated heterocycles. The SMILES string of the molecule is CC.O=S(=O)(F)F. The number of hydrogen-bond acceptors (Lipinski definition) is 2. The van der Waals surface area contributed by atoms with Gasteiger partial charge in [-0.2, -0.15) is 8.42 Å². The molecule has 0 radical (unpaired) electrons. The Hall–Kier alpha value is -0.190. The molecular formula is C2H6F2O2S. The van der Waals surface area contributed by atoms with E-state index >= 15 is 0 Å². The minimum Gasteiger partial charge on any atom is -0.160 e. The maximum absolute atomic E-state index is 9.99. The van der Waals surface area contributed by atoms with Crippen LogP contribution in [0.25, 0.3) is 0 Å². The molecule has 46 valence electrons. The van der Waals surface area contributed by atoms with Crippen molar-refractivity contribution in [1.29, 1.82) is 0 Å². The van der Waals surface area contributed by atoms with Gasteiger partial charge in [0.15, 0.2) is 0 Å². The first-order valence-corrected chi connectivity index (χ1v) is 2.93. The number of rotatable bonds is 0. The van der Waals surface area contributed by atoms with E-state index in [1.54, 1.807) is 0 Å². The maximum atomic E-state index is 9.99. The Balaban J connectivity index is 0. The normalized spacial score (nSPS) is 9.14. The highest BCUT2D eigenvalue weighted by Crippen LogP contribution is 1.85. The molecule has 0 bridgehead atoms. The molecule has 0 spiro atoms. The van der Waals surface area contributed by atoms with Crippen molar-refractivity contribution >= 4 is 10.6 Å². The van der Waals surface area contributed by atoms with Gasteiger partial charge in [0.1, 0.15) is 0 Å². The van der Waals surface area contributed by atoms with Gasteiger partial charge in [0.25, 0.3) is 0 Å². The first kappa shape index (κ1) is 9.94. The van der Waals surface area contributed by atoms with E-state index in [-0.39, 0.29) is 0 Å². The summed E-state index contributed by atoms with van der Waals surface area (Å²) in [5, 5.41) is 0. The first-order chi connectivity index (χ1) is 3.00. The molecule has 0 aromatic carbocycles. The zero-order chi connectivity index (χ0) is 6.50. The topological polar surface area (TPSA) is 34.1 Å². The lowest BCUT2D eigenvalue weighted by Gasteiger charge is -1.57. The predicted octanol–water partition coefficient (Wildman–Crippen LogP) is 1.20. The molecule has 0 N–H and O–H groups in total. The molecule has 0 aliphatic carbocycles. The summed E-state index contributed by atoms with van der Waals surface area (Å²) in [7, 11) is -5.67. The van der Waals surface area contributed by atoms with Crippen LogP contribution in [-0.4, -0.2) is 8.42 Å². The highest BCUT2D eigenvalue weighted by Gasteiger charge is 1.94. The van der Waals surface area contributed by atoms with Gasteiger partial charge in [-0.15, -0.1) is 0 Å². The lowest BCUT2D eigenvalue weighted by Crippen LogP contribution is -1.69. The average molecular weight is 132 g/mol. The maximum Gasteiger partial charge on any atom is 0.476 e. The van der Waals surface area contributed by atoms with Gasteiger partial charge < -0.3 is 0 Å². The zero-order valence-electron chi connectivity index (χ0n) is 3.98. The standard InChI is InChI=1S/C2H6.F2O2S/c1-2;1-5(2,3)4/h1-2H3;. The third-order valence-electron chi connectivity index (χ3n) is 0. The average Bonchev–Trinajstić information content (AvgIpc) is 1.36. The van der Waals surface area contributed by atoms with Crippen molar-refractivity contribution in [1.82, 2.24) is 0 Å². The van der Waals surface area contributed by atoms with Crippen LogP contribution in [0.4, 0.5) is 7.77 Å². The first-order valence-electron chi connectivity index (χ1n) is 1.64. The van der Waals surface area contributed by atoms with Crippen LogP contribution in [0.15, 0.2) is 0 Å². The molecule has 2 nitrogen and oxygen atoms in total. The molecule has 0 aliphatic heterocycles. The second kappa shape index (κ2) is 3.98.